The molecule has 258 valence electrons. The van der Waals surface area contributed by atoms with Gasteiger partial charge in [-0.1, -0.05) is 36.4 Å². The number of aromatic nitrogens is 2. The van der Waals surface area contributed by atoms with Gasteiger partial charge in [0.15, 0.2) is 17.9 Å². The van der Waals surface area contributed by atoms with Gasteiger partial charge in [0.2, 0.25) is 0 Å². The van der Waals surface area contributed by atoms with Crippen molar-refractivity contribution in [1.82, 2.24) is 20.6 Å². The van der Waals surface area contributed by atoms with Gasteiger partial charge in [-0.05, 0) is 53.7 Å². The van der Waals surface area contributed by atoms with Gasteiger partial charge in [0, 0.05) is 45.3 Å². The van der Waals surface area contributed by atoms with Crippen LogP contribution < -0.4 is 10.6 Å². The SMILES string of the molecule is COC(=O)C(NC(=O)OC(C)(C)C)C(=O)c1c[nH]c2ccccc12.COC(=O)C(NC(=O)OC(C)(C)C)C(O)c1c[nH]c2ccccc12. The molecule has 4 rings (SSSR count). The Morgan fingerprint density at radius 3 is 1.71 bits per heavy atom. The molecular formula is C34H42N4O10. The van der Waals surface area contributed by atoms with E-state index in [4.69, 9.17) is 14.2 Å². The number of para-hydroxylation sites is 2. The van der Waals surface area contributed by atoms with Crippen LogP contribution in [0.15, 0.2) is 60.9 Å². The van der Waals surface area contributed by atoms with E-state index in [2.05, 4.69) is 25.3 Å². The van der Waals surface area contributed by atoms with Crippen LogP contribution in [0.2, 0.25) is 0 Å². The third kappa shape index (κ3) is 9.82. The highest BCUT2D eigenvalue weighted by atomic mass is 16.6. The Hall–Kier alpha value is -5.37. The third-order valence-electron chi connectivity index (χ3n) is 6.60. The van der Waals surface area contributed by atoms with Crippen LogP contribution in [-0.2, 0) is 28.5 Å². The van der Waals surface area contributed by atoms with Crippen LogP contribution in [0.1, 0.15) is 63.6 Å². The summed E-state index contributed by atoms with van der Waals surface area (Å²) in [6.07, 6.45) is 0.130. The van der Waals surface area contributed by atoms with Gasteiger partial charge in [0.05, 0.1) is 14.2 Å². The predicted molar refractivity (Wildman–Crippen MR) is 176 cm³/mol. The fraction of sp³-hybridized carbons (Fsp3) is 0.382. The molecule has 0 aliphatic carbocycles. The van der Waals surface area contributed by atoms with Crippen LogP contribution in [0.4, 0.5) is 9.59 Å². The molecule has 4 aromatic rings. The molecule has 48 heavy (non-hydrogen) atoms. The first-order valence-electron chi connectivity index (χ1n) is 14.9. The number of carbonyl (C=O) groups is 5. The number of ketones is 1. The zero-order valence-electron chi connectivity index (χ0n) is 28.1. The van der Waals surface area contributed by atoms with Crippen molar-refractivity contribution in [3.63, 3.8) is 0 Å². The normalized spacial score (nSPS) is 13.3. The monoisotopic (exact) mass is 666 g/mol. The number of hydrogen-bond donors (Lipinski definition) is 5. The second kappa shape index (κ2) is 15.5. The molecule has 3 atom stereocenters. The van der Waals surface area contributed by atoms with Gasteiger partial charge in [-0.25, -0.2) is 19.2 Å². The molecule has 14 nitrogen and oxygen atoms in total. The second-order valence-electron chi connectivity index (χ2n) is 12.6. The van der Waals surface area contributed by atoms with Gasteiger partial charge in [-0.2, -0.15) is 0 Å². The Kier molecular flexibility index (Phi) is 12.0. The number of Topliss-reactive ketones (excluding diaryl/α,β-unsaturated/α-hetero) is 1. The van der Waals surface area contributed by atoms with Crippen LogP contribution in [0.25, 0.3) is 21.8 Å². The molecule has 0 saturated carbocycles. The molecule has 0 aliphatic rings. The number of fused-ring (bicyclic) bond motifs is 2. The van der Waals surface area contributed by atoms with Crippen LogP contribution in [-0.4, -0.2) is 82.5 Å². The smallest absolute Gasteiger partial charge is 0.408 e. The molecule has 0 spiro atoms. The lowest BCUT2D eigenvalue weighted by atomic mass is 10.0. The molecule has 0 radical (unpaired) electrons. The van der Waals surface area contributed by atoms with E-state index < -0.39 is 59.3 Å². The van der Waals surface area contributed by atoms with Crippen molar-refractivity contribution in [2.75, 3.05) is 14.2 Å². The quantitative estimate of drug-likeness (QED) is 0.0761. The summed E-state index contributed by atoms with van der Waals surface area (Å²) in [5, 5.41) is 16.7. The Balaban J connectivity index is 0.000000260. The van der Waals surface area contributed by atoms with E-state index in [1.807, 2.05) is 30.3 Å². The van der Waals surface area contributed by atoms with Gasteiger partial charge in [-0.15, -0.1) is 0 Å². The minimum absolute atomic E-state index is 0.289. The van der Waals surface area contributed by atoms with E-state index in [0.717, 1.165) is 23.5 Å². The highest BCUT2D eigenvalue weighted by molar-refractivity contribution is 6.18. The Morgan fingerprint density at radius 2 is 1.17 bits per heavy atom. The van der Waals surface area contributed by atoms with E-state index in [-0.39, 0.29) is 5.56 Å². The van der Waals surface area contributed by atoms with E-state index >= 15 is 0 Å². The molecule has 0 fully saturated rings. The fourth-order valence-electron chi connectivity index (χ4n) is 4.55. The maximum atomic E-state index is 12.7. The van der Waals surface area contributed by atoms with Crippen LogP contribution >= 0.6 is 0 Å². The van der Waals surface area contributed by atoms with E-state index in [0.29, 0.717) is 10.9 Å². The Morgan fingerprint density at radius 1 is 0.688 bits per heavy atom. The standard InChI is InChI=1S/C17H22N2O5.C17H20N2O5/c2*1-17(2,3)24-16(22)19-13(15(21)23-4)14(20)11-9-18-12-8-6-5-7-10(11)12/h5-9,13-14,18,20H,1-4H3,(H,19,22);5-9,13,18H,1-4H3,(H,19,22). The summed E-state index contributed by atoms with van der Waals surface area (Å²) in [5.74, 6) is -2.21. The molecule has 2 amide bonds. The summed E-state index contributed by atoms with van der Waals surface area (Å²) in [5.41, 5.74) is 0.855. The number of nitrogens with one attached hydrogen (secondary N) is 4. The number of hydrogen-bond acceptors (Lipinski definition) is 10. The number of alkyl carbamates (subject to hydrolysis) is 2. The second-order valence-corrected chi connectivity index (χ2v) is 12.6. The number of aromatic amines is 2. The van der Waals surface area contributed by atoms with Crippen molar-refractivity contribution >= 4 is 51.7 Å². The molecule has 0 aliphatic heterocycles. The van der Waals surface area contributed by atoms with E-state index in [1.54, 1.807) is 65.9 Å². The molecule has 2 heterocycles. The first kappa shape index (κ1) is 37.1. The van der Waals surface area contributed by atoms with Gasteiger partial charge in [0.25, 0.3) is 0 Å². The van der Waals surface area contributed by atoms with Crippen molar-refractivity contribution in [2.24, 2.45) is 0 Å². The van der Waals surface area contributed by atoms with Gasteiger partial charge in [0.1, 0.15) is 17.3 Å². The van der Waals surface area contributed by atoms with Crippen LogP contribution in [0.3, 0.4) is 0 Å². The van der Waals surface area contributed by atoms with Gasteiger partial charge < -0.3 is 44.7 Å². The van der Waals surface area contributed by atoms with Gasteiger partial charge >= 0.3 is 24.1 Å². The van der Waals surface area contributed by atoms with E-state index in [9.17, 15) is 29.1 Å². The number of H-pyrrole nitrogens is 2. The number of benzene rings is 2. The molecule has 5 N–H and O–H groups in total. The Labute approximate surface area is 277 Å². The number of rotatable bonds is 8. The summed E-state index contributed by atoms with van der Waals surface area (Å²) in [4.78, 5) is 66.6. The topological polar surface area (TPSA) is 198 Å². The summed E-state index contributed by atoms with van der Waals surface area (Å²) >= 11 is 0. The van der Waals surface area contributed by atoms with Crippen molar-refractivity contribution in [2.45, 2.75) is 70.9 Å². The average Bonchev–Trinajstić information content (AvgIpc) is 3.64. The summed E-state index contributed by atoms with van der Waals surface area (Å²) < 4.78 is 19.6. The highest BCUT2D eigenvalue weighted by Gasteiger charge is 2.34. The lowest BCUT2D eigenvalue weighted by molar-refractivity contribution is -0.146. The number of aliphatic hydroxyl groups excluding tert-OH is 1. The molecule has 14 heteroatoms. The van der Waals surface area contributed by atoms with Crippen LogP contribution in [0.5, 0.6) is 0 Å². The fourth-order valence-corrected chi connectivity index (χ4v) is 4.55. The average molecular weight is 667 g/mol. The van der Waals surface area contributed by atoms with Crippen molar-refractivity contribution < 1.29 is 48.0 Å². The largest absolute Gasteiger partial charge is 0.467 e. The minimum Gasteiger partial charge on any atom is -0.467 e. The van der Waals surface area contributed by atoms with Gasteiger partial charge in [-0.3, -0.25) is 4.79 Å². The lowest BCUT2D eigenvalue weighted by Crippen LogP contribution is -2.48. The van der Waals surface area contributed by atoms with Crippen molar-refractivity contribution in [3.8, 4) is 0 Å². The number of esters is 2. The lowest BCUT2D eigenvalue weighted by Gasteiger charge is -2.25. The number of amides is 2. The zero-order chi connectivity index (χ0) is 35.8. The highest BCUT2D eigenvalue weighted by Crippen LogP contribution is 2.27. The molecule has 2 aromatic heterocycles. The number of aliphatic hydroxyl groups is 1. The third-order valence-corrected chi connectivity index (χ3v) is 6.60. The minimum atomic E-state index is -1.48. The molecule has 2 aromatic carbocycles. The summed E-state index contributed by atoms with van der Waals surface area (Å²) in [6, 6.07) is 11.7. The van der Waals surface area contributed by atoms with E-state index in [1.165, 1.54) is 13.3 Å². The maximum absolute atomic E-state index is 12.7. The first-order valence-corrected chi connectivity index (χ1v) is 14.9. The summed E-state index contributed by atoms with van der Waals surface area (Å²) in [7, 11) is 2.34. The number of methoxy groups -OCH3 is 2. The number of carbonyl (C=O) groups excluding carboxylic acids is 5. The summed E-state index contributed by atoms with van der Waals surface area (Å²) in [6.45, 7) is 10.2. The van der Waals surface area contributed by atoms with Crippen LogP contribution in [0, 0.1) is 0 Å². The Bertz CT molecular complexity index is 1760. The maximum Gasteiger partial charge on any atom is 0.408 e. The molecule has 0 saturated heterocycles. The van der Waals surface area contributed by atoms with Crippen molar-refractivity contribution in [3.05, 3.63) is 72.1 Å². The molecule has 3 unspecified atom stereocenters. The molecule has 0 bridgehead atoms. The zero-order valence-corrected chi connectivity index (χ0v) is 28.1. The first-order chi connectivity index (χ1) is 22.5. The predicted octanol–water partition coefficient (Wildman–Crippen LogP) is 4.68. The number of ether oxygens (including phenoxy) is 4. The molecular weight excluding hydrogens is 624 g/mol. The van der Waals surface area contributed by atoms with Crippen molar-refractivity contribution in [1.29, 1.82) is 0 Å².